The van der Waals surface area contributed by atoms with Gasteiger partial charge >= 0.3 is 0 Å². The molecule has 1 unspecified atom stereocenters. The van der Waals surface area contributed by atoms with Gasteiger partial charge in [-0.1, -0.05) is 19.9 Å². The zero-order valence-electron chi connectivity index (χ0n) is 9.83. The van der Waals surface area contributed by atoms with E-state index in [2.05, 4.69) is 24.1 Å². The molecule has 4 heteroatoms. The van der Waals surface area contributed by atoms with E-state index >= 15 is 0 Å². The van der Waals surface area contributed by atoms with E-state index in [9.17, 15) is 9.18 Å². The topological polar surface area (TPSA) is 42.0 Å². The standard InChI is InChI=1S/C12H17FN2O/c1-8(2)7-9(3)14-12(16)10-5-4-6-11(13)15-10/h4-6,8-9H,7H2,1-3H3,(H,14,16). The van der Waals surface area contributed by atoms with Gasteiger partial charge in [-0.15, -0.1) is 0 Å². The van der Waals surface area contributed by atoms with Crippen LogP contribution in [0.3, 0.4) is 0 Å². The molecule has 0 radical (unpaired) electrons. The number of nitrogens with one attached hydrogen (secondary N) is 1. The van der Waals surface area contributed by atoms with Crippen molar-refractivity contribution in [2.75, 3.05) is 0 Å². The number of hydrogen-bond donors (Lipinski definition) is 1. The average molecular weight is 224 g/mol. The van der Waals surface area contributed by atoms with Crippen LogP contribution in [0, 0.1) is 11.9 Å². The summed E-state index contributed by atoms with van der Waals surface area (Å²) in [6, 6.07) is 4.26. The molecule has 1 N–H and O–H groups in total. The molecule has 1 atom stereocenters. The molecule has 0 saturated heterocycles. The van der Waals surface area contributed by atoms with Crippen molar-refractivity contribution >= 4 is 5.91 Å². The number of hydrogen-bond acceptors (Lipinski definition) is 2. The van der Waals surface area contributed by atoms with Crippen LogP contribution >= 0.6 is 0 Å². The Hall–Kier alpha value is -1.45. The zero-order valence-corrected chi connectivity index (χ0v) is 9.83. The van der Waals surface area contributed by atoms with E-state index in [4.69, 9.17) is 0 Å². The monoisotopic (exact) mass is 224 g/mol. The van der Waals surface area contributed by atoms with Crippen molar-refractivity contribution in [3.63, 3.8) is 0 Å². The van der Waals surface area contributed by atoms with Gasteiger partial charge in [0.15, 0.2) is 0 Å². The van der Waals surface area contributed by atoms with Gasteiger partial charge in [-0.2, -0.15) is 4.39 Å². The lowest BCUT2D eigenvalue weighted by molar-refractivity contribution is 0.0930. The van der Waals surface area contributed by atoms with Crippen LogP contribution in [0.5, 0.6) is 0 Å². The second-order valence-electron chi connectivity index (χ2n) is 4.35. The van der Waals surface area contributed by atoms with Gasteiger partial charge in [0.1, 0.15) is 5.69 Å². The van der Waals surface area contributed by atoms with E-state index in [1.807, 2.05) is 6.92 Å². The highest BCUT2D eigenvalue weighted by molar-refractivity contribution is 5.92. The van der Waals surface area contributed by atoms with Gasteiger partial charge < -0.3 is 5.32 Å². The van der Waals surface area contributed by atoms with Gasteiger partial charge in [0.05, 0.1) is 0 Å². The lowest BCUT2D eigenvalue weighted by Crippen LogP contribution is -2.34. The number of pyridine rings is 1. The number of carbonyl (C=O) groups excluding carboxylic acids is 1. The van der Waals surface area contributed by atoms with Crippen LogP contribution in [0.4, 0.5) is 4.39 Å². The Bertz CT molecular complexity index is 366. The summed E-state index contributed by atoms with van der Waals surface area (Å²) in [5.41, 5.74) is 0.121. The summed E-state index contributed by atoms with van der Waals surface area (Å²) in [4.78, 5) is 15.2. The molecule has 88 valence electrons. The molecule has 1 amide bonds. The Morgan fingerprint density at radius 1 is 1.44 bits per heavy atom. The summed E-state index contributed by atoms with van der Waals surface area (Å²) in [5.74, 6) is -0.451. The fourth-order valence-electron chi connectivity index (χ4n) is 1.60. The third-order valence-corrected chi connectivity index (χ3v) is 2.15. The van der Waals surface area contributed by atoms with Crippen molar-refractivity contribution in [2.45, 2.75) is 33.2 Å². The molecule has 0 fully saturated rings. The van der Waals surface area contributed by atoms with E-state index in [0.29, 0.717) is 5.92 Å². The van der Waals surface area contributed by atoms with Crippen molar-refractivity contribution in [3.05, 3.63) is 29.8 Å². The van der Waals surface area contributed by atoms with E-state index in [1.165, 1.54) is 18.2 Å². The molecule has 1 rings (SSSR count). The summed E-state index contributed by atoms with van der Waals surface area (Å²) < 4.78 is 12.8. The second-order valence-corrected chi connectivity index (χ2v) is 4.35. The van der Waals surface area contributed by atoms with Crippen molar-refractivity contribution < 1.29 is 9.18 Å². The lowest BCUT2D eigenvalue weighted by Gasteiger charge is -2.15. The molecule has 0 aliphatic carbocycles. The first-order valence-electron chi connectivity index (χ1n) is 5.42. The Morgan fingerprint density at radius 2 is 2.12 bits per heavy atom. The maximum atomic E-state index is 12.8. The summed E-state index contributed by atoms with van der Waals surface area (Å²) in [6.45, 7) is 6.10. The maximum absolute atomic E-state index is 12.8. The van der Waals surface area contributed by atoms with Crippen LogP contribution in [0.15, 0.2) is 18.2 Å². The van der Waals surface area contributed by atoms with Crippen LogP contribution in [0.2, 0.25) is 0 Å². The fraction of sp³-hybridized carbons (Fsp3) is 0.500. The minimum atomic E-state index is -0.635. The van der Waals surface area contributed by atoms with Gasteiger partial charge in [-0.05, 0) is 31.4 Å². The summed E-state index contributed by atoms with van der Waals surface area (Å²) in [5, 5.41) is 2.79. The number of aromatic nitrogens is 1. The van der Waals surface area contributed by atoms with E-state index in [1.54, 1.807) is 0 Å². The van der Waals surface area contributed by atoms with Crippen LogP contribution in [0.25, 0.3) is 0 Å². The highest BCUT2D eigenvalue weighted by Crippen LogP contribution is 2.05. The molecule has 1 heterocycles. The number of rotatable bonds is 4. The normalized spacial score (nSPS) is 12.6. The van der Waals surface area contributed by atoms with Crippen LogP contribution in [-0.2, 0) is 0 Å². The molecule has 1 aromatic heterocycles. The highest BCUT2D eigenvalue weighted by Gasteiger charge is 2.12. The molecular formula is C12H17FN2O. The zero-order chi connectivity index (χ0) is 12.1. The summed E-state index contributed by atoms with van der Waals surface area (Å²) >= 11 is 0. The van der Waals surface area contributed by atoms with E-state index in [-0.39, 0.29) is 17.6 Å². The predicted molar refractivity (Wildman–Crippen MR) is 60.6 cm³/mol. The summed E-state index contributed by atoms with van der Waals surface area (Å²) in [6.07, 6.45) is 0.890. The molecule has 16 heavy (non-hydrogen) atoms. The maximum Gasteiger partial charge on any atom is 0.270 e. The predicted octanol–water partition coefficient (Wildman–Crippen LogP) is 2.39. The number of nitrogens with zero attached hydrogens (tertiary/aromatic N) is 1. The third-order valence-electron chi connectivity index (χ3n) is 2.15. The number of carbonyl (C=O) groups is 1. The molecule has 0 bridgehead atoms. The first-order valence-corrected chi connectivity index (χ1v) is 5.42. The van der Waals surface area contributed by atoms with Gasteiger partial charge in [-0.25, -0.2) is 4.98 Å². The van der Waals surface area contributed by atoms with Crippen molar-refractivity contribution in [3.8, 4) is 0 Å². The van der Waals surface area contributed by atoms with Gasteiger partial charge in [0.25, 0.3) is 5.91 Å². The van der Waals surface area contributed by atoms with Crippen molar-refractivity contribution in [1.82, 2.24) is 10.3 Å². The molecular weight excluding hydrogens is 207 g/mol. The molecule has 3 nitrogen and oxygen atoms in total. The number of amides is 1. The first-order chi connectivity index (χ1) is 7.49. The SMILES string of the molecule is CC(C)CC(C)NC(=O)c1cccc(F)n1. The van der Waals surface area contributed by atoms with Crippen molar-refractivity contribution in [1.29, 1.82) is 0 Å². The first kappa shape index (κ1) is 12.6. The molecule has 0 spiro atoms. The third kappa shape index (κ3) is 3.96. The largest absolute Gasteiger partial charge is 0.348 e. The molecule has 0 aromatic carbocycles. The van der Waals surface area contributed by atoms with Crippen LogP contribution in [0.1, 0.15) is 37.7 Å². The fourth-order valence-corrected chi connectivity index (χ4v) is 1.60. The Labute approximate surface area is 95.1 Å². The lowest BCUT2D eigenvalue weighted by atomic mass is 10.1. The minimum Gasteiger partial charge on any atom is -0.348 e. The molecule has 0 saturated carbocycles. The van der Waals surface area contributed by atoms with Gasteiger partial charge in [0, 0.05) is 6.04 Å². The minimum absolute atomic E-state index is 0.0672. The summed E-state index contributed by atoms with van der Waals surface area (Å²) in [7, 11) is 0. The number of halogens is 1. The quantitative estimate of drug-likeness (QED) is 0.798. The van der Waals surface area contributed by atoms with Crippen molar-refractivity contribution in [2.24, 2.45) is 5.92 Å². The van der Waals surface area contributed by atoms with Gasteiger partial charge in [-0.3, -0.25) is 4.79 Å². The molecule has 0 aliphatic heterocycles. The van der Waals surface area contributed by atoms with Crippen LogP contribution < -0.4 is 5.32 Å². The molecule has 1 aromatic rings. The Kier molecular flexibility index (Phi) is 4.40. The highest BCUT2D eigenvalue weighted by atomic mass is 19.1. The van der Waals surface area contributed by atoms with Gasteiger partial charge in [0.2, 0.25) is 5.95 Å². The smallest absolute Gasteiger partial charge is 0.270 e. The Morgan fingerprint density at radius 3 is 2.69 bits per heavy atom. The second kappa shape index (κ2) is 5.58. The molecule has 0 aliphatic rings. The van der Waals surface area contributed by atoms with Crippen LogP contribution in [-0.4, -0.2) is 16.9 Å². The Balaban J connectivity index is 2.59. The average Bonchev–Trinajstić information content (AvgIpc) is 2.16. The van der Waals surface area contributed by atoms with E-state index in [0.717, 1.165) is 6.42 Å². The van der Waals surface area contributed by atoms with E-state index < -0.39 is 5.95 Å².